The van der Waals surface area contributed by atoms with Gasteiger partial charge in [0.15, 0.2) is 5.58 Å². The Hall–Kier alpha value is -3.35. The minimum atomic E-state index is -0.590. The van der Waals surface area contributed by atoms with Crippen LogP contribution in [0.25, 0.3) is 11.1 Å². The number of aromatic nitrogens is 1. The summed E-state index contributed by atoms with van der Waals surface area (Å²) in [6.45, 7) is -0.172. The number of ether oxygens (including phenoxy) is 1. The maximum atomic E-state index is 12.1. The monoisotopic (exact) mass is 326 g/mol. The highest BCUT2D eigenvalue weighted by Gasteiger charge is 2.12. The second-order valence-electron chi connectivity index (χ2n) is 5.04. The first-order valence-electron chi connectivity index (χ1n) is 7.15. The number of esters is 1. The van der Waals surface area contributed by atoms with E-state index in [0.717, 1.165) is 0 Å². The summed E-state index contributed by atoms with van der Waals surface area (Å²) < 4.78 is 10.9. The molecule has 0 fully saturated rings. The molecule has 3 rings (SSSR count). The molecule has 0 atom stereocenters. The molecular weight excluding hydrogens is 312 g/mol. The molecule has 0 radical (unpaired) electrons. The Kier molecular flexibility index (Phi) is 4.15. The highest BCUT2D eigenvalue weighted by Crippen LogP contribution is 2.13. The van der Waals surface area contributed by atoms with E-state index in [0.29, 0.717) is 22.4 Å². The van der Waals surface area contributed by atoms with Crippen LogP contribution in [0.4, 0.5) is 5.69 Å². The van der Waals surface area contributed by atoms with Gasteiger partial charge < -0.3 is 14.5 Å². The maximum absolute atomic E-state index is 12.1. The van der Waals surface area contributed by atoms with E-state index in [2.05, 4.69) is 10.1 Å². The van der Waals surface area contributed by atoms with Gasteiger partial charge in [-0.05, 0) is 36.4 Å². The van der Waals surface area contributed by atoms with Gasteiger partial charge in [-0.25, -0.2) is 9.59 Å². The van der Waals surface area contributed by atoms with Gasteiger partial charge in [0, 0.05) is 5.69 Å². The highest BCUT2D eigenvalue weighted by molar-refractivity contribution is 5.93. The van der Waals surface area contributed by atoms with Gasteiger partial charge in [0.25, 0.3) is 0 Å². The van der Waals surface area contributed by atoms with Crippen LogP contribution in [0.1, 0.15) is 10.4 Å². The van der Waals surface area contributed by atoms with Crippen molar-refractivity contribution in [3.8, 4) is 0 Å². The van der Waals surface area contributed by atoms with Gasteiger partial charge in [-0.2, -0.15) is 0 Å². The largest absolute Gasteiger partial charge is 0.465 e. The zero-order valence-corrected chi connectivity index (χ0v) is 12.8. The minimum Gasteiger partial charge on any atom is -0.465 e. The second kappa shape index (κ2) is 6.41. The second-order valence-corrected chi connectivity index (χ2v) is 5.04. The molecule has 0 aliphatic rings. The Morgan fingerprint density at radius 1 is 1.12 bits per heavy atom. The zero-order chi connectivity index (χ0) is 17.1. The molecular formula is C17H14N2O5. The van der Waals surface area contributed by atoms with E-state index < -0.39 is 11.7 Å². The smallest absolute Gasteiger partial charge is 0.420 e. The lowest BCUT2D eigenvalue weighted by Crippen LogP contribution is -2.24. The number of oxazole rings is 1. The van der Waals surface area contributed by atoms with Crippen LogP contribution < -0.4 is 11.1 Å². The molecule has 7 nitrogen and oxygen atoms in total. The van der Waals surface area contributed by atoms with Gasteiger partial charge >= 0.3 is 11.7 Å². The van der Waals surface area contributed by atoms with Crippen LogP contribution in [-0.4, -0.2) is 23.6 Å². The first kappa shape index (κ1) is 15.5. The van der Waals surface area contributed by atoms with E-state index in [9.17, 15) is 14.4 Å². The van der Waals surface area contributed by atoms with Gasteiger partial charge in [-0.15, -0.1) is 0 Å². The molecule has 1 heterocycles. The van der Waals surface area contributed by atoms with Crippen LogP contribution in [-0.2, 0) is 16.1 Å². The number of amides is 1. The Labute approximate surface area is 136 Å². The fourth-order valence-electron chi connectivity index (χ4n) is 2.32. The van der Waals surface area contributed by atoms with Crippen LogP contribution in [0.3, 0.4) is 0 Å². The standard InChI is InChI=1S/C17H14N2O5/c1-23-16(21)11-6-8-12(9-7-11)18-15(20)10-19-13-4-2-3-5-14(13)24-17(19)22/h2-9H,10H2,1H3,(H,18,20). The van der Waals surface area contributed by atoms with Crippen molar-refractivity contribution in [1.29, 1.82) is 0 Å². The molecule has 0 unspecified atom stereocenters. The van der Waals surface area contributed by atoms with Gasteiger partial charge in [0.1, 0.15) is 6.54 Å². The SMILES string of the molecule is COC(=O)c1ccc(NC(=O)Cn2c(=O)oc3ccccc32)cc1. The predicted octanol–water partition coefficient (Wildman–Crippen LogP) is 2.02. The lowest BCUT2D eigenvalue weighted by Gasteiger charge is -2.06. The van der Waals surface area contributed by atoms with Crippen LogP contribution >= 0.6 is 0 Å². The minimum absolute atomic E-state index is 0.172. The lowest BCUT2D eigenvalue weighted by molar-refractivity contribution is -0.116. The van der Waals surface area contributed by atoms with Crippen LogP contribution in [0.5, 0.6) is 0 Å². The number of benzene rings is 2. The van der Waals surface area contributed by atoms with Crippen LogP contribution in [0.2, 0.25) is 0 Å². The topological polar surface area (TPSA) is 90.5 Å². The average Bonchev–Trinajstić information content (AvgIpc) is 2.90. The molecule has 0 bridgehead atoms. The van der Waals surface area contributed by atoms with Crippen molar-refractivity contribution in [2.24, 2.45) is 0 Å². The highest BCUT2D eigenvalue weighted by atomic mass is 16.5. The third-order valence-electron chi connectivity index (χ3n) is 3.47. The van der Waals surface area contributed by atoms with Crippen molar-refractivity contribution < 1.29 is 18.7 Å². The Bertz CT molecular complexity index is 953. The summed E-state index contributed by atoms with van der Waals surface area (Å²) in [6, 6.07) is 13.1. The van der Waals surface area contributed by atoms with Crippen LogP contribution in [0.15, 0.2) is 57.7 Å². The summed E-state index contributed by atoms with van der Waals surface area (Å²) >= 11 is 0. The van der Waals surface area contributed by atoms with Crippen molar-refractivity contribution in [2.45, 2.75) is 6.54 Å². The fraction of sp³-hybridized carbons (Fsp3) is 0.118. The molecule has 122 valence electrons. The number of para-hydroxylation sites is 2. The molecule has 1 aromatic heterocycles. The van der Waals surface area contributed by atoms with Crippen molar-refractivity contribution >= 4 is 28.7 Å². The molecule has 0 spiro atoms. The Balaban J connectivity index is 1.74. The van der Waals surface area contributed by atoms with Crippen molar-refractivity contribution in [3.63, 3.8) is 0 Å². The predicted molar refractivity (Wildman–Crippen MR) is 86.9 cm³/mol. The summed E-state index contributed by atoms with van der Waals surface area (Å²) in [7, 11) is 1.30. The molecule has 1 N–H and O–H groups in total. The maximum Gasteiger partial charge on any atom is 0.420 e. The average molecular weight is 326 g/mol. The molecule has 0 aliphatic carbocycles. The summed E-state index contributed by atoms with van der Waals surface area (Å²) in [6.07, 6.45) is 0. The normalized spacial score (nSPS) is 10.5. The summed E-state index contributed by atoms with van der Waals surface area (Å²) in [5.74, 6) is -1.42. The van der Waals surface area contributed by atoms with E-state index >= 15 is 0 Å². The van der Waals surface area contributed by atoms with E-state index in [4.69, 9.17) is 4.42 Å². The number of nitrogens with zero attached hydrogens (tertiary/aromatic N) is 1. The fourth-order valence-corrected chi connectivity index (χ4v) is 2.32. The van der Waals surface area contributed by atoms with Crippen molar-refractivity contribution in [1.82, 2.24) is 4.57 Å². The number of carbonyl (C=O) groups excluding carboxylic acids is 2. The first-order valence-corrected chi connectivity index (χ1v) is 7.15. The van der Waals surface area contributed by atoms with Crippen LogP contribution in [0, 0.1) is 0 Å². The number of hydrogen-bond acceptors (Lipinski definition) is 5. The van der Waals surface area contributed by atoms with Crippen molar-refractivity contribution in [3.05, 3.63) is 64.6 Å². The molecule has 3 aromatic rings. The third kappa shape index (κ3) is 3.05. The summed E-state index contributed by atoms with van der Waals surface area (Å²) in [4.78, 5) is 35.4. The number of anilines is 1. The number of nitrogens with one attached hydrogen (secondary N) is 1. The Morgan fingerprint density at radius 2 is 1.83 bits per heavy atom. The molecule has 0 saturated heterocycles. The number of rotatable bonds is 4. The van der Waals surface area contributed by atoms with Gasteiger partial charge in [0.05, 0.1) is 18.2 Å². The summed E-state index contributed by atoms with van der Waals surface area (Å²) in [5, 5.41) is 2.66. The third-order valence-corrected chi connectivity index (χ3v) is 3.47. The quantitative estimate of drug-likeness (QED) is 0.741. The van der Waals surface area contributed by atoms with E-state index in [1.54, 1.807) is 48.5 Å². The molecule has 2 aromatic carbocycles. The zero-order valence-electron chi connectivity index (χ0n) is 12.8. The number of fused-ring (bicyclic) bond motifs is 1. The van der Waals surface area contributed by atoms with E-state index in [1.807, 2.05) is 0 Å². The first-order chi connectivity index (χ1) is 11.6. The molecule has 1 amide bonds. The summed E-state index contributed by atoms with van der Waals surface area (Å²) in [5.41, 5.74) is 1.87. The number of carbonyl (C=O) groups is 2. The lowest BCUT2D eigenvalue weighted by atomic mass is 10.2. The van der Waals surface area contributed by atoms with E-state index in [-0.39, 0.29) is 12.5 Å². The molecule has 0 saturated carbocycles. The van der Waals surface area contributed by atoms with E-state index in [1.165, 1.54) is 11.7 Å². The van der Waals surface area contributed by atoms with Gasteiger partial charge in [-0.1, -0.05) is 12.1 Å². The van der Waals surface area contributed by atoms with Gasteiger partial charge in [0.2, 0.25) is 5.91 Å². The molecule has 7 heteroatoms. The number of methoxy groups -OCH3 is 1. The molecule has 24 heavy (non-hydrogen) atoms. The van der Waals surface area contributed by atoms with Gasteiger partial charge in [-0.3, -0.25) is 9.36 Å². The number of hydrogen-bond donors (Lipinski definition) is 1. The van der Waals surface area contributed by atoms with Crippen molar-refractivity contribution in [2.75, 3.05) is 12.4 Å². The Morgan fingerprint density at radius 3 is 2.54 bits per heavy atom. The molecule has 0 aliphatic heterocycles.